The lowest BCUT2D eigenvalue weighted by molar-refractivity contribution is 0.129. The first-order valence-corrected chi connectivity index (χ1v) is 6.74. The maximum absolute atomic E-state index is 6.34. The van der Waals surface area contributed by atoms with E-state index in [4.69, 9.17) is 14.5 Å². The van der Waals surface area contributed by atoms with Gasteiger partial charge in [-0.25, -0.2) is 0 Å². The summed E-state index contributed by atoms with van der Waals surface area (Å²) in [5.41, 5.74) is 2.48. The Kier molecular flexibility index (Phi) is 2.02. The predicted octanol–water partition coefficient (Wildman–Crippen LogP) is 2.94. The summed E-state index contributed by atoms with van der Waals surface area (Å²) < 4.78 is 11.7. The highest BCUT2D eigenvalue weighted by molar-refractivity contribution is 5.97. The third-order valence-corrected chi connectivity index (χ3v) is 4.61. The molecule has 1 aromatic carbocycles. The van der Waals surface area contributed by atoms with E-state index >= 15 is 0 Å². The van der Waals surface area contributed by atoms with Gasteiger partial charge < -0.3 is 9.47 Å². The minimum atomic E-state index is -0.104. The lowest BCUT2D eigenvalue weighted by atomic mass is 9.75. The van der Waals surface area contributed by atoms with Crippen molar-refractivity contribution >= 4 is 5.71 Å². The quantitative estimate of drug-likeness (QED) is 0.759. The lowest BCUT2D eigenvalue weighted by Gasteiger charge is -2.34. The SMILES string of the molecule is COc1ccc2c(c1)[C@@H]1CN=C3CCCC[C@]31O2. The van der Waals surface area contributed by atoms with Crippen LogP contribution in [0.5, 0.6) is 11.5 Å². The van der Waals surface area contributed by atoms with Crippen molar-refractivity contribution in [2.45, 2.75) is 37.2 Å². The number of hydrogen-bond donors (Lipinski definition) is 0. The Morgan fingerprint density at radius 2 is 2.33 bits per heavy atom. The average Bonchev–Trinajstić information content (AvgIpc) is 2.90. The Morgan fingerprint density at radius 1 is 1.39 bits per heavy atom. The number of nitrogens with zero attached hydrogens (tertiary/aromatic N) is 1. The molecule has 3 heteroatoms. The summed E-state index contributed by atoms with van der Waals surface area (Å²) in [6.45, 7) is 0.884. The smallest absolute Gasteiger partial charge is 0.155 e. The van der Waals surface area contributed by atoms with E-state index in [2.05, 4.69) is 6.07 Å². The molecule has 0 aromatic heterocycles. The van der Waals surface area contributed by atoms with Crippen molar-refractivity contribution in [3.8, 4) is 11.5 Å². The fraction of sp³-hybridized carbons (Fsp3) is 0.533. The van der Waals surface area contributed by atoms with Crippen LogP contribution in [-0.4, -0.2) is 25.0 Å². The molecule has 0 bridgehead atoms. The standard InChI is InChI=1S/C15H17NO2/c1-17-10-5-6-13-11(8-10)12-9-16-14-4-2-3-7-15(12,14)18-13/h5-6,8,12H,2-4,7,9H2,1H3/t12-,15+/m0/s1. The van der Waals surface area contributed by atoms with Crippen LogP contribution in [0.2, 0.25) is 0 Å². The molecule has 18 heavy (non-hydrogen) atoms. The van der Waals surface area contributed by atoms with Gasteiger partial charge in [-0.15, -0.1) is 0 Å². The summed E-state index contributed by atoms with van der Waals surface area (Å²) in [7, 11) is 1.71. The van der Waals surface area contributed by atoms with Gasteiger partial charge in [0.15, 0.2) is 5.60 Å². The Hall–Kier alpha value is -1.51. The molecule has 3 nitrogen and oxygen atoms in total. The summed E-state index contributed by atoms with van der Waals surface area (Å²) in [5.74, 6) is 2.37. The summed E-state index contributed by atoms with van der Waals surface area (Å²) in [6, 6.07) is 6.16. The molecule has 0 amide bonds. The molecule has 0 saturated heterocycles. The molecule has 0 radical (unpaired) electrons. The van der Waals surface area contributed by atoms with Gasteiger partial charge in [-0.05, 0) is 43.9 Å². The van der Waals surface area contributed by atoms with E-state index in [0.717, 1.165) is 30.9 Å². The molecule has 1 fully saturated rings. The molecule has 2 heterocycles. The minimum Gasteiger partial charge on any atom is -0.497 e. The van der Waals surface area contributed by atoms with Crippen LogP contribution < -0.4 is 9.47 Å². The largest absolute Gasteiger partial charge is 0.497 e. The fourth-order valence-corrected chi connectivity index (χ4v) is 3.72. The van der Waals surface area contributed by atoms with Gasteiger partial charge in [0.05, 0.1) is 25.3 Å². The molecule has 2 aliphatic heterocycles. The van der Waals surface area contributed by atoms with Crippen LogP contribution in [0.1, 0.15) is 37.2 Å². The summed E-state index contributed by atoms with van der Waals surface area (Å²) in [5, 5.41) is 0. The maximum Gasteiger partial charge on any atom is 0.155 e. The summed E-state index contributed by atoms with van der Waals surface area (Å²) in [6.07, 6.45) is 4.74. The fourth-order valence-electron chi connectivity index (χ4n) is 3.72. The first-order chi connectivity index (χ1) is 8.83. The van der Waals surface area contributed by atoms with Crippen molar-refractivity contribution in [1.29, 1.82) is 0 Å². The maximum atomic E-state index is 6.34. The van der Waals surface area contributed by atoms with Crippen LogP contribution in [0, 0.1) is 0 Å². The molecule has 3 aliphatic rings. The van der Waals surface area contributed by atoms with Gasteiger partial charge in [0.1, 0.15) is 11.5 Å². The monoisotopic (exact) mass is 243 g/mol. The average molecular weight is 243 g/mol. The highest BCUT2D eigenvalue weighted by Gasteiger charge is 2.55. The Labute approximate surface area is 107 Å². The zero-order valence-corrected chi connectivity index (χ0v) is 10.6. The van der Waals surface area contributed by atoms with E-state index in [0.29, 0.717) is 5.92 Å². The van der Waals surface area contributed by atoms with Crippen LogP contribution in [0.3, 0.4) is 0 Å². The molecule has 1 spiro atoms. The van der Waals surface area contributed by atoms with Gasteiger partial charge in [0.25, 0.3) is 0 Å². The van der Waals surface area contributed by atoms with E-state index in [1.807, 2.05) is 12.1 Å². The lowest BCUT2D eigenvalue weighted by Crippen LogP contribution is -2.45. The third kappa shape index (κ3) is 1.17. The summed E-state index contributed by atoms with van der Waals surface area (Å²) >= 11 is 0. The van der Waals surface area contributed by atoms with Gasteiger partial charge >= 0.3 is 0 Å². The number of fused-ring (bicyclic) bond motifs is 2. The molecule has 4 rings (SSSR count). The zero-order valence-electron chi connectivity index (χ0n) is 10.6. The molecule has 94 valence electrons. The van der Waals surface area contributed by atoms with Crippen molar-refractivity contribution < 1.29 is 9.47 Å². The first kappa shape index (κ1) is 10.4. The van der Waals surface area contributed by atoms with Gasteiger partial charge in [-0.1, -0.05) is 0 Å². The second-order valence-corrected chi connectivity index (χ2v) is 5.44. The molecule has 1 aliphatic carbocycles. The second-order valence-electron chi connectivity index (χ2n) is 5.44. The first-order valence-electron chi connectivity index (χ1n) is 6.74. The van der Waals surface area contributed by atoms with Gasteiger partial charge in [0.2, 0.25) is 0 Å². The van der Waals surface area contributed by atoms with Gasteiger partial charge in [-0.2, -0.15) is 0 Å². The molecule has 1 saturated carbocycles. The molecule has 2 atom stereocenters. The predicted molar refractivity (Wildman–Crippen MR) is 69.9 cm³/mol. The Bertz CT molecular complexity index is 537. The highest BCUT2D eigenvalue weighted by atomic mass is 16.5. The number of aliphatic imine (C=N–C) groups is 1. The highest BCUT2D eigenvalue weighted by Crippen LogP contribution is 2.53. The van der Waals surface area contributed by atoms with Gasteiger partial charge in [0, 0.05) is 5.56 Å². The number of benzene rings is 1. The van der Waals surface area contributed by atoms with Crippen molar-refractivity contribution in [2.24, 2.45) is 4.99 Å². The van der Waals surface area contributed by atoms with Crippen LogP contribution in [0.4, 0.5) is 0 Å². The van der Waals surface area contributed by atoms with E-state index in [1.165, 1.54) is 24.1 Å². The molecular formula is C15H17NO2. The van der Waals surface area contributed by atoms with E-state index in [-0.39, 0.29) is 5.60 Å². The van der Waals surface area contributed by atoms with E-state index in [9.17, 15) is 0 Å². The minimum absolute atomic E-state index is 0.104. The van der Waals surface area contributed by atoms with Crippen molar-refractivity contribution in [2.75, 3.05) is 13.7 Å². The third-order valence-electron chi connectivity index (χ3n) is 4.61. The summed E-state index contributed by atoms with van der Waals surface area (Å²) in [4.78, 5) is 4.74. The topological polar surface area (TPSA) is 30.8 Å². The van der Waals surface area contributed by atoms with Crippen LogP contribution >= 0.6 is 0 Å². The molecular weight excluding hydrogens is 226 g/mol. The normalized spacial score (nSPS) is 32.1. The number of hydrogen-bond acceptors (Lipinski definition) is 3. The van der Waals surface area contributed by atoms with Gasteiger partial charge in [-0.3, -0.25) is 4.99 Å². The number of ether oxygens (including phenoxy) is 2. The zero-order chi connectivity index (χ0) is 12.2. The van der Waals surface area contributed by atoms with E-state index < -0.39 is 0 Å². The van der Waals surface area contributed by atoms with Crippen LogP contribution in [0.25, 0.3) is 0 Å². The molecule has 1 aromatic rings. The van der Waals surface area contributed by atoms with Crippen molar-refractivity contribution in [3.63, 3.8) is 0 Å². The number of methoxy groups -OCH3 is 1. The number of rotatable bonds is 1. The molecule has 0 N–H and O–H groups in total. The Balaban J connectivity index is 1.80. The van der Waals surface area contributed by atoms with Crippen LogP contribution in [0.15, 0.2) is 23.2 Å². The van der Waals surface area contributed by atoms with Crippen molar-refractivity contribution in [1.82, 2.24) is 0 Å². The van der Waals surface area contributed by atoms with E-state index in [1.54, 1.807) is 7.11 Å². The molecule has 0 unspecified atom stereocenters. The van der Waals surface area contributed by atoms with Crippen LogP contribution in [-0.2, 0) is 0 Å². The van der Waals surface area contributed by atoms with Crippen molar-refractivity contribution in [3.05, 3.63) is 23.8 Å². The Morgan fingerprint density at radius 3 is 3.22 bits per heavy atom. The second kappa shape index (κ2) is 3.50.